The Morgan fingerprint density at radius 2 is 1.74 bits per heavy atom. The summed E-state index contributed by atoms with van der Waals surface area (Å²) in [6.07, 6.45) is 1.30. The summed E-state index contributed by atoms with van der Waals surface area (Å²) < 4.78 is 33.9. The predicted octanol–water partition coefficient (Wildman–Crippen LogP) is 3.63. The van der Waals surface area contributed by atoms with Crippen molar-refractivity contribution in [1.29, 1.82) is 5.26 Å². The van der Waals surface area contributed by atoms with E-state index in [1.165, 1.54) is 43.6 Å². The van der Waals surface area contributed by atoms with E-state index in [1.54, 1.807) is 26.0 Å². The number of aryl methyl sites for hydroxylation is 2. The minimum absolute atomic E-state index is 0.102. The molecule has 3 rings (SSSR count). The van der Waals surface area contributed by atoms with Crippen molar-refractivity contribution in [3.05, 3.63) is 77.0 Å². The van der Waals surface area contributed by atoms with Gasteiger partial charge in [0, 0.05) is 5.56 Å². The Hall–Kier alpha value is -3.90. The van der Waals surface area contributed by atoms with Crippen LogP contribution in [0, 0.1) is 25.2 Å². The number of carbonyl (C=O) groups excluding carboxylic acids is 1. The first kappa shape index (κ1) is 21.8. The van der Waals surface area contributed by atoms with Crippen molar-refractivity contribution in [1.82, 2.24) is 4.98 Å². The number of amides is 1. The van der Waals surface area contributed by atoms with Gasteiger partial charge in [0.2, 0.25) is 5.88 Å². The molecule has 8 nitrogen and oxygen atoms in total. The van der Waals surface area contributed by atoms with Crippen LogP contribution >= 0.6 is 0 Å². The zero-order valence-corrected chi connectivity index (χ0v) is 17.9. The molecule has 0 aliphatic heterocycles. The number of sulfonamides is 1. The minimum Gasteiger partial charge on any atom is -0.480 e. The molecule has 2 N–H and O–H groups in total. The van der Waals surface area contributed by atoms with Crippen LogP contribution in [0.4, 0.5) is 11.4 Å². The van der Waals surface area contributed by atoms with Crippen molar-refractivity contribution in [3.63, 3.8) is 0 Å². The molecule has 31 heavy (non-hydrogen) atoms. The van der Waals surface area contributed by atoms with Gasteiger partial charge < -0.3 is 10.1 Å². The molecule has 0 spiro atoms. The standard InChI is InChI=1S/C22H20N4O4S/c1-14-5-4-6-15(2)20(14)26-31(28,29)19-11-18(13-24-22(19)30-3)25-21(27)17-9-7-16(12-23)8-10-17/h4-11,13,26H,1-3H3,(H,25,27). The van der Waals surface area contributed by atoms with Gasteiger partial charge in [-0.15, -0.1) is 0 Å². The molecule has 1 heterocycles. The molecule has 0 radical (unpaired) electrons. The van der Waals surface area contributed by atoms with E-state index in [-0.39, 0.29) is 16.5 Å². The van der Waals surface area contributed by atoms with E-state index in [1.807, 2.05) is 12.1 Å². The molecule has 0 aliphatic carbocycles. The molecule has 0 atom stereocenters. The zero-order valence-electron chi connectivity index (χ0n) is 17.1. The van der Waals surface area contributed by atoms with E-state index in [4.69, 9.17) is 10.00 Å². The minimum atomic E-state index is -4.06. The number of anilines is 2. The monoisotopic (exact) mass is 436 g/mol. The quantitative estimate of drug-likeness (QED) is 0.609. The average Bonchev–Trinajstić information content (AvgIpc) is 2.76. The second kappa shape index (κ2) is 8.85. The Morgan fingerprint density at radius 3 is 2.32 bits per heavy atom. The Morgan fingerprint density at radius 1 is 1.10 bits per heavy atom. The third-order valence-electron chi connectivity index (χ3n) is 4.55. The molecular weight excluding hydrogens is 416 g/mol. The third-order valence-corrected chi connectivity index (χ3v) is 5.90. The predicted molar refractivity (Wildman–Crippen MR) is 117 cm³/mol. The van der Waals surface area contributed by atoms with Crippen molar-refractivity contribution < 1.29 is 17.9 Å². The van der Waals surface area contributed by atoms with Gasteiger partial charge in [-0.2, -0.15) is 5.26 Å². The Labute approximate surface area is 180 Å². The van der Waals surface area contributed by atoms with Crippen LogP contribution in [0.2, 0.25) is 0 Å². The van der Waals surface area contributed by atoms with Crippen molar-refractivity contribution in [2.24, 2.45) is 0 Å². The maximum absolute atomic E-state index is 13.1. The van der Waals surface area contributed by atoms with Gasteiger partial charge in [0.15, 0.2) is 4.90 Å². The van der Waals surface area contributed by atoms with Crippen molar-refractivity contribution in [2.45, 2.75) is 18.7 Å². The molecule has 9 heteroatoms. The van der Waals surface area contributed by atoms with Gasteiger partial charge in [0.25, 0.3) is 15.9 Å². The van der Waals surface area contributed by atoms with Gasteiger partial charge in [0.1, 0.15) is 0 Å². The molecule has 0 bridgehead atoms. The molecule has 3 aromatic rings. The zero-order chi connectivity index (χ0) is 22.6. The van der Waals surface area contributed by atoms with Crippen LogP contribution in [-0.2, 0) is 10.0 Å². The molecule has 0 aliphatic rings. The average molecular weight is 436 g/mol. The Balaban J connectivity index is 1.92. The van der Waals surface area contributed by atoms with Crippen molar-refractivity contribution in [3.8, 4) is 11.9 Å². The smallest absolute Gasteiger partial charge is 0.267 e. The first-order valence-electron chi connectivity index (χ1n) is 9.19. The van der Waals surface area contributed by atoms with Crippen LogP contribution in [0.3, 0.4) is 0 Å². The third kappa shape index (κ3) is 4.82. The summed E-state index contributed by atoms with van der Waals surface area (Å²) in [5.41, 5.74) is 2.91. The van der Waals surface area contributed by atoms with Crippen LogP contribution in [0.1, 0.15) is 27.0 Å². The van der Waals surface area contributed by atoms with Crippen LogP contribution in [0.15, 0.2) is 59.6 Å². The highest BCUT2D eigenvalue weighted by molar-refractivity contribution is 7.92. The Bertz CT molecular complexity index is 1260. The van der Waals surface area contributed by atoms with Crippen LogP contribution in [-0.4, -0.2) is 26.4 Å². The van der Waals surface area contributed by atoms with Crippen molar-refractivity contribution >= 4 is 27.3 Å². The summed E-state index contributed by atoms with van der Waals surface area (Å²) in [5, 5.41) is 11.5. The number of rotatable bonds is 6. The highest BCUT2D eigenvalue weighted by Crippen LogP contribution is 2.29. The fourth-order valence-electron chi connectivity index (χ4n) is 2.91. The number of hydrogen-bond donors (Lipinski definition) is 2. The molecule has 1 amide bonds. The molecule has 2 aromatic carbocycles. The fourth-order valence-corrected chi connectivity index (χ4v) is 4.26. The highest BCUT2D eigenvalue weighted by atomic mass is 32.2. The highest BCUT2D eigenvalue weighted by Gasteiger charge is 2.23. The largest absolute Gasteiger partial charge is 0.480 e. The summed E-state index contributed by atoms with van der Waals surface area (Å²) >= 11 is 0. The topological polar surface area (TPSA) is 121 Å². The van der Waals surface area contributed by atoms with Gasteiger partial charge in [-0.1, -0.05) is 18.2 Å². The number of hydrogen-bond acceptors (Lipinski definition) is 6. The van der Waals surface area contributed by atoms with E-state index < -0.39 is 15.9 Å². The molecule has 1 aromatic heterocycles. The molecule has 0 fully saturated rings. The van der Waals surface area contributed by atoms with E-state index in [9.17, 15) is 13.2 Å². The molecule has 0 saturated heterocycles. The number of nitrogens with one attached hydrogen (secondary N) is 2. The summed E-state index contributed by atoms with van der Waals surface area (Å²) in [4.78, 5) is 16.3. The number of benzene rings is 2. The normalized spacial score (nSPS) is 10.8. The Kier molecular flexibility index (Phi) is 6.22. The first-order valence-corrected chi connectivity index (χ1v) is 10.7. The van der Waals surface area contributed by atoms with E-state index >= 15 is 0 Å². The van der Waals surface area contributed by atoms with Gasteiger partial charge in [0.05, 0.1) is 36.3 Å². The van der Waals surface area contributed by atoms with E-state index in [2.05, 4.69) is 15.0 Å². The summed E-state index contributed by atoms with van der Waals surface area (Å²) in [6, 6.07) is 14.7. The molecule has 158 valence electrons. The fraction of sp³-hybridized carbons (Fsp3) is 0.136. The number of aromatic nitrogens is 1. The number of ether oxygens (including phenoxy) is 1. The number of para-hydroxylation sites is 1. The number of methoxy groups -OCH3 is 1. The number of pyridine rings is 1. The lowest BCUT2D eigenvalue weighted by Crippen LogP contribution is -2.17. The molecular formula is C22H20N4O4S. The van der Waals surface area contributed by atoms with Crippen LogP contribution < -0.4 is 14.8 Å². The van der Waals surface area contributed by atoms with Gasteiger partial charge in [-0.3, -0.25) is 9.52 Å². The maximum Gasteiger partial charge on any atom is 0.267 e. The van der Waals surface area contributed by atoms with E-state index in [0.29, 0.717) is 16.8 Å². The summed E-state index contributed by atoms with van der Waals surface area (Å²) in [5.74, 6) is -0.572. The van der Waals surface area contributed by atoms with Gasteiger partial charge in [-0.25, -0.2) is 13.4 Å². The van der Waals surface area contributed by atoms with Gasteiger partial charge >= 0.3 is 0 Å². The van der Waals surface area contributed by atoms with Crippen molar-refractivity contribution in [2.75, 3.05) is 17.1 Å². The van der Waals surface area contributed by atoms with Crippen LogP contribution in [0.25, 0.3) is 0 Å². The lowest BCUT2D eigenvalue weighted by molar-refractivity contribution is 0.102. The second-order valence-corrected chi connectivity index (χ2v) is 8.40. The number of nitriles is 1. The SMILES string of the molecule is COc1ncc(NC(=O)c2ccc(C#N)cc2)cc1S(=O)(=O)Nc1c(C)cccc1C. The lowest BCUT2D eigenvalue weighted by atomic mass is 10.1. The molecule has 0 saturated carbocycles. The number of nitrogens with zero attached hydrogens (tertiary/aromatic N) is 2. The lowest BCUT2D eigenvalue weighted by Gasteiger charge is -2.15. The van der Waals surface area contributed by atoms with Gasteiger partial charge in [-0.05, 0) is 55.3 Å². The number of carbonyl (C=O) groups is 1. The summed E-state index contributed by atoms with van der Waals surface area (Å²) in [6.45, 7) is 3.60. The second-order valence-electron chi connectivity index (χ2n) is 6.75. The first-order chi connectivity index (χ1) is 14.7. The molecule has 0 unspecified atom stereocenters. The summed E-state index contributed by atoms with van der Waals surface area (Å²) in [7, 11) is -2.74. The maximum atomic E-state index is 13.1. The van der Waals surface area contributed by atoms with Crippen LogP contribution in [0.5, 0.6) is 5.88 Å². The van der Waals surface area contributed by atoms with E-state index in [0.717, 1.165) is 11.1 Å².